The van der Waals surface area contributed by atoms with Crippen molar-refractivity contribution in [2.45, 2.75) is 6.92 Å². The number of ether oxygens (including phenoxy) is 1. The molecule has 0 atom stereocenters. The molecule has 0 unspecified atom stereocenters. The van der Waals surface area contributed by atoms with Crippen LogP contribution in [-0.2, 0) is 4.74 Å². The highest BCUT2D eigenvalue weighted by molar-refractivity contribution is 6.30. The van der Waals surface area contributed by atoms with Gasteiger partial charge < -0.3 is 4.74 Å². The molecule has 6 heteroatoms. The molecule has 2 aromatic heterocycles. The Kier molecular flexibility index (Phi) is 3.98. The molecule has 0 aliphatic heterocycles. The zero-order chi connectivity index (χ0) is 15.5. The molecule has 3 aromatic rings. The van der Waals surface area contributed by atoms with Crippen molar-refractivity contribution in [1.29, 1.82) is 0 Å². The summed E-state index contributed by atoms with van der Waals surface area (Å²) in [6, 6.07) is 12.9. The van der Waals surface area contributed by atoms with E-state index in [1.54, 1.807) is 23.5 Å². The van der Waals surface area contributed by atoms with Crippen LogP contribution in [0.4, 0.5) is 10.6 Å². The normalized spacial score (nSPS) is 10.6. The van der Waals surface area contributed by atoms with Crippen molar-refractivity contribution in [2.24, 2.45) is 0 Å². The summed E-state index contributed by atoms with van der Waals surface area (Å²) in [5, 5.41) is 3.40. The minimum atomic E-state index is -0.511. The largest absolute Gasteiger partial charge is 0.450 e. The highest BCUT2D eigenvalue weighted by Crippen LogP contribution is 2.29. The van der Waals surface area contributed by atoms with Crippen LogP contribution in [0.15, 0.2) is 48.7 Å². The van der Waals surface area contributed by atoms with Crippen LogP contribution >= 0.6 is 11.6 Å². The van der Waals surface area contributed by atoms with Crippen LogP contribution in [0.2, 0.25) is 5.02 Å². The summed E-state index contributed by atoms with van der Waals surface area (Å²) < 4.78 is 6.77. The first-order chi connectivity index (χ1) is 10.7. The number of hydrogen-bond acceptors (Lipinski definition) is 3. The maximum absolute atomic E-state index is 11.8. The molecule has 0 aliphatic carbocycles. The average Bonchev–Trinajstić information content (AvgIpc) is 2.87. The highest BCUT2D eigenvalue weighted by atomic mass is 35.5. The summed E-state index contributed by atoms with van der Waals surface area (Å²) in [4.78, 5) is 16.4. The highest BCUT2D eigenvalue weighted by Gasteiger charge is 2.16. The van der Waals surface area contributed by atoms with Crippen LogP contribution in [0.25, 0.3) is 16.9 Å². The number of carbonyl (C=O) groups is 1. The predicted octanol–water partition coefficient (Wildman–Crippen LogP) is 4.22. The summed E-state index contributed by atoms with van der Waals surface area (Å²) in [6.45, 7) is 2.06. The Morgan fingerprint density at radius 2 is 2.05 bits per heavy atom. The van der Waals surface area contributed by atoms with Crippen LogP contribution < -0.4 is 5.32 Å². The Balaban J connectivity index is 2.11. The Bertz CT molecular complexity index is 812. The first-order valence-corrected chi connectivity index (χ1v) is 7.23. The minimum absolute atomic E-state index is 0.304. The Labute approximate surface area is 132 Å². The van der Waals surface area contributed by atoms with E-state index in [0.717, 1.165) is 11.2 Å². The number of pyridine rings is 1. The van der Waals surface area contributed by atoms with E-state index in [1.165, 1.54) is 0 Å². The zero-order valence-electron chi connectivity index (χ0n) is 11.9. The number of carbonyl (C=O) groups excluding carboxylic acids is 1. The van der Waals surface area contributed by atoms with Gasteiger partial charge in [-0.1, -0.05) is 29.8 Å². The lowest BCUT2D eigenvalue weighted by molar-refractivity contribution is 0.168. The summed E-state index contributed by atoms with van der Waals surface area (Å²) >= 11 is 5.93. The predicted molar refractivity (Wildman–Crippen MR) is 86.3 cm³/mol. The van der Waals surface area contributed by atoms with Gasteiger partial charge in [-0.3, -0.25) is 9.72 Å². The molecule has 0 fully saturated rings. The number of imidazole rings is 1. The molecule has 0 bridgehead atoms. The molecule has 3 rings (SSSR count). The lowest BCUT2D eigenvalue weighted by Gasteiger charge is -2.07. The number of nitrogens with one attached hydrogen (secondary N) is 1. The number of benzene rings is 1. The quantitative estimate of drug-likeness (QED) is 0.787. The van der Waals surface area contributed by atoms with Crippen molar-refractivity contribution in [3.8, 4) is 11.3 Å². The first kappa shape index (κ1) is 14.4. The molecular weight excluding hydrogens is 302 g/mol. The SMILES string of the molecule is CCOC(=O)Nc1c(-c2ccc(Cl)cc2)nc2ccccn12. The molecule has 0 aliphatic rings. The van der Waals surface area contributed by atoms with Gasteiger partial charge in [0, 0.05) is 16.8 Å². The van der Waals surface area contributed by atoms with Gasteiger partial charge in [0.05, 0.1) is 6.61 Å². The first-order valence-electron chi connectivity index (χ1n) is 6.86. The second-order valence-electron chi connectivity index (χ2n) is 4.59. The number of nitrogens with zero attached hydrogens (tertiary/aromatic N) is 2. The maximum Gasteiger partial charge on any atom is 0.412 e. The fourth-order valence-electron chi connectivity index (χ4n) is 2.19. The lowest BCUT2D eigenvalue weighted by Crippen LogP contribution is -2.15. The zero-order valence-corrected chi connectivity index (χ0v) is 12.7. The number of hydrogen-bond donors (Lipinski definition) is 1. The smallest absolute Gasteiger partial charge is 0.412 e. The molecule has 0 spiro atoms. The Morgan fingerprint density at radius 3 is 2.77 bits per heavy atom. The average molecular weight is 316 g/mol. The van der Waals surface area contributed by atoms with Crippen molar-refractivity contribution in [2.75, 3.05) is 11.9 Å². The number of amides is 1. The summed E-state index contributed by atoms with van der Waals surface area (Å²) in [5.41, 5.74) is 2.26. The van der Waals surface area contributed by atoms with Crippen molar-refractivity contribution < 1.29 is 9.53 Å². The van der Waals surface area contributed by atoms with Gasteiger partial charge in [-0.25, -0.2) is 9.78 Å². The van der Waals surface area contributed by atoms with Gasteiger partial charge in [0.1, 0.15) is 17.2 Å². The third-order valence-electron chi connectivity index (χ3n) is 3.14. The van der Waals surface area contributed by atoms with E-state index in [4.69, 9.17) is 16.3 Å². The molecule has 1 N–H and O–H groups in total. The van der Waals surface area contributed by atoms with Crippen molar-refractivity contribution in [3.63, 3.8) is 0 Å². The molecule has 0 radical (unpaired) electrons. The standard InChI is InChI=1S/C16H14ClN3O2/c1-2-22-16(21)19-15-14(11-6-8-12(17)9-7-11)18-13-5-3-4-10-20(13)15/h3-10H,2H2,1H3,(H,19,21). The summed E-state index contributed by atoms with van der Waals surface area (Å²) in [5.74, 6) is 0.566. The van der Waals surface area contributed by atoms with Crippen molar-refractivity contribution >= 4 is 29.2 Å². The molecule has 0 saturated heterocycles. The van der Waals surface area contributed by atoms with E-state index in [2.05, 4.69) is 10.3 Å². The van der Waals surface area contributed by atoms with Gasteiger partial charge >= 0.3 is 6.09 Å². The van der Waals surface area contributed by atoms with Crippen LogP contribution in [0.1, 0.15) is 6.92 Å². The van der Waals surface area contributed by atoms with E-state index in [9.17, 15) is 4.79 Å². The van der Waals surface area contributed by atoms with Gasteiger partial charge in [0.2, 0.25) is 0 Å². The minimum Gasteiger partial charge on any atom is -0.450 e. The second-order valence-corrected chi connectivity index (χ2v) is 5.03. The third-order valence-corrected chi connectivity index (χ3v) is 3.40. The fraction of sp³-hybridized carbons (Fsp3) is 0.125. The van der Waals surface area contributed by atoms with Crippen molar-refractivity contribution in [3.05, 3.63) is 53.7 Å². The maximum atomic E-state index is 11.8. The van der Waals surface area contributed by atoms with Gasteiger partial charge in [-0.05, 0) is 31.2 Å². The van der Waals surface area contributed by atoms with E-state index < -0.39 is 6.09 Å². The number of anilines is 1. The molecule has 1 aromatic carbocycles. The number of rotatable bonds is 3. The van der Waals surface area contributed by atoms with Crippen LogP contribution in [0.3, 0.4) is 0 Å². The van der Waals surface area contributed by atoms with E-state index in [1.807, 2.05) is 36.5 Å². The molecule has 5 nitrogen and oxygen atoms in total. The third kappa shape index (κ3) is 2.76. The fourth-order valence-corrected chi connectivity index (χ4v) is 2.31. The molecule has 0 saturated carbocycles. The topological polar surface area (TPSA) is 55.6 Å². The molecule has 112 valence electrons. The van der Waals surface area contributed by atoms with E-state index in [-0.39, 0.29) is 0 Å². The van der Waals surface area contributed by atoms with Gasteiger partial charge in [-0.2, -0.15) is 0 Å². The number of aromatic nitrogens is 2. The molecule has 2 heterocycles. The lowest BCUT2D eigenvalue weighted by atomic mass is 10.1. The molecular formula is C16H14ClN3O2. The van der Waals surface area contributed by atoms with Crippen molar-refractivity contribution in [1.82, 2.24) is 9.38 Å². The summed E-state index contributed by atoms with van der Waals surface area (Å²) in [6.07, 6.45) is 1.33. The molecule has 1 amide bonds. The van der Waals surface area contributed by atoms with E-state index >= 15 is 0 Å². The van der Waals surface area contributed by atoms with Gasteiger partial charge in [0.15, 0.2) is 0 Å². The Morgan fingerprint density at radius 1 is 1.27 bits per heavy atom. The number of fused-ring (bicyclic) bond motifs is 1. The Hall–Kier alpha value is -2.53. The monoisotopic (exact) mass is 315 g/mol. The van der Waals surface area contributed by atoms with Crippen LogP contribution in [0, 0.1) is 0 Å². The van der Waals surface area contributed by atoms with Gasteiger partial charge in [0.25, 0.3) is 0 Å². The van der Waals surface area contributed by atoms with Crippen LogP contribution in [0.5, 0.6) is 0 Å². The van der Waals surface area contributed by atoms with Gasteiger partial charge in [-0.15, -0.1) is 0 Å². The van der Waals surface area contributed by atoms with E-state index in [0.29, 0.717) is 23.1 Å². The number of halogens is 1. The summed E-state index contributed by atoms with van der Waals surface area (Å²) in [7, 11) is 0. The molecule has 22 heavy (non-hydrogen) atoms. The van der Waals surface area contributed by atoms with Crippen LogP contribution in [-0.4, -0.2) is 22.1 Å². The second kappa shape index (κ2) is 6.07.